The second-order valence-corrected chi connectivity index (χ2v) is 7.28. The van der Waals surface area contributed by atoms with Crippen LogP contribution in [0.5, 0.6) is 11.5 Å². The molecule has 3 aromatic rings. The molecule has 0 aliphatic rings. The topological polar surface area (TPSA) is 89.0 Å². The Kier molecular flexibility index (Phi) is 7.80. The number of amides is 2. The van der Waals surface area contributed by atoms with E-state index in [0.29, 0.717) is 35.7 Å². The van der Waals surface area contributed by atoms with Crippen molar-refractivity contribution < 1.29 is 19.1 Å². The molecule has 3 aromatic carbocycles. The lowest BCUT2D eigenvalue weighted by atomic mass is 10.0. The molecule has 0 saturated heterocycles. The van der Waals surface area contributed by atoms with Crippen LogP contribution in [0.3, 0.4) is 0 Å². The lowest BCUT2D eigenvalue weighted by molar-refractivity contribution is -0.119. The fourth-order valence-electron chi connectivity index (χ4n) is 3.35. The molecule has 0 spiro atoms. The number of nitrogens with one attached hydrogen (secondary N) is 2. The first-order chi connectivity index (χ1) is 15.5. The largest absolute Gasteiger partial charge is 0.493 e. The van der Waals surface area contributed by atoms with Crippen molar-refractivity contribution in [3.63, 3.8) is 0 Å². The minimum absolute atomic E-state index is 0.0990. The highest BCUT2D eigenvalue weighted by Gasteiger charge is 2.10. The predicted octanol–water partition coefficient (Wildman–Crippen LogP) is 3.71. The standard InChI is InChI=1S/C25H27N3O4/c1-17(27-28-25(30)21-10-6-8-19-7-4-5-9-20(19)21)15-24(29)26-14-13-18-11-12-22(31-2)23(16-18)32-3/h4-12,16H,13-15H2,1-3H3,(H,26,29)(H,28,30). The second-order valence-electron chi connectivity index (χ2n) is 7.28. The summed E-state index contributed by atoms with van der Waals surface area (Å²) < 4.78 is 10.5. The van der Waals surface area contributed by atoms with Gasteiger partial charge < -0.3 is 14.8 Å². The summed E-state index contributed by atoms with van der Waals surface area (Å²) >= 11 is 0. The number of rotatable bonds is 9. The monoisotopic (exact) mass is 433 g/mol. The minimum Gasteiger partial charge on any atom is -0.493 e. The normalized spacial score (nSPS) is 11.2. The summed E-state index contributed by atoms with van der Waals surface area (Å²) in [6.45, 7) is 2.18. The average Bonchev–Trinajstić information content (AvgIpc) is 2.82. The van der Waals surface area contributed by atoms with Crippen LogP contribution in [0, 0.1) is 0 Å². The van der Waals surface area contributed by atoms with Crippen molar-refractivity contribution in [2.45, 2.75) is 19.8 Å². The van der Waals surface area contributed by atoms with Gasteiger partial charge in [0.05, 0.1) is 20.6 Å². The van der Waals surface area contributed by atoms with Gasteiger partial charge in [0.1, 0.15) is 0 Å². The maximum absolute atomic E-state index is 12.5. The highest BCUT2D eigenvalue weighted by atomic mass is 16.5. The molecule has 7 heteroatoms. The van der Waals surface area contributed by atoms with E-state index in [-0.39, 0.29) is 18.2 Å². The molecule has 166 valence electrons. The Hall–Kier alpha value is -3.87. The van der Waals surface area contributed by atoms with E-state index in [9.17, 15) is 9.59 Å². The molecular formula is C25H27N3O4. The third kappa shape index (κ3) is 5.85. The van der Waals surface area contributed by atoms with Crippen LogP contribution >= 0.6 is 0 Å². The number of methoxy groups -OCH3 is 2. The molecule has 0 aromatic heterocycles. The number of nitrogens with zero attached hydrogens (tertiary/aromatic N) is 1. The zero-order chi connectivity index (χ0) is 22.9. The van der Waals surface area contributed by atoms with Crippen molar-refractivity contribution >= 4 is 28.3 Å². The van der Waals surface area contributed by atoms with Gasteiger partial charge in [-0.25, -0.2) is 5.43 Å². The summed E-state index contributed by atoms with van der Waals surface area (Å²) in [5, 5.41) is 8.78. The number of carbonyl (C=O) groups is 2. The third-order valence-corrected chi connectivity index (χ3v) is 4.98. The average molecular weight is 434 g/mol. The molecule has 7 nitrogen and oxygen atoms in total. The van der Waals surface area contributed by atoms with Crippen molar-refractivity contribution in [3.8, 4) is 11.5 Å². The molecule has 2 amide bonds. The number of hydrogen-bond donors (Lipinski definition) is 2. The Morgan fingerprint density at radius 2 is 1.69 bits per heavy atom. The van der Waals surface area contributed by atoms with E-state index < -0.39 is 0 Å². The molecule has 3 rings (SSSR count). The quantitative estimate of drug-likeness (QED) is 0.398. The van der Waals surface area contributed by atoms with Gasteiger partial charge in [-0.15, -0.1) is 0 Å². The highest BCUT2D eigenvalue weighted by molar-refractivity contribution is 6.07. The van der Waals surface area contributed by atoms with Crippen molar-refractivity contribution in [2.24, 2.45) is 5.10 Å². The number of ether oxygens (including phenoxy) is 2. The van der Waals surface area contributed by atoms with Crippen LogP contribution in [0.15, 0.2) is 65.8 Å². The van der Waals surface area contributed by atoms with Crippen molar-refractivity contribution in [3.05, 3.63) is 71.8 Å². The van der Waals surface area contributed by atoms with Gasteiger partial charge in [0, 0.05) is 17.8 Å². The fraction of sp³-hybridized carbons (Fsp3) is 0.240. The van der Waals surface area contributed by atoms with Crippen LogP contribution in [0.2, 0.25) is 0 Å². The summed E-state index contributed by atoms with van der Waals surface area (Å²) in [6, 6.07) is 18.9. The Morgan fingerprint density at radius 1 is 0.938 bits per heavy atom. The Balaban J connectivity index is 1.49. The van der Waals surface area contributed by atoms with Gasteiger partial charge in [0.25, 0.3) is 5.91 Å². The lowest BCUT2D eigenvalue weighted by Gasteiger charge is -2.10. The van der Waals surface area contributed by atoms with Gasteiger partial charge in [-0.05, 0) is 47.9 Å². The first kappa shape index (κ1) is 22.8. The predicted molar refractivity (Wildman–Crippen MR) is 125 cm³/mol. The molecule has 0 heterocycles. The Bertz CT molecular complexity index is 1140. The summed E-state index contributed by atoms with van der Waals surface area (Å²) in [6.07, 6.45) is 0.752. The van der Waals surface area contributed by atoms with E-state index in [4.69, 9.17) is 9.47 Å². The van der Waals surface area contributed by atoms with E-state index in [0.717, 1.165) is 16.3 Å². The molecule has 2 N–H and O–H groups in total. The molecule has 0 radical (unpaired) electrons. The van der Waals surface area contributed by atoms with Gasteiger partial charge in [-0.1, -0.05) is 42.5 Å². The first-order valence-electron chi connectivity index (χ1n) is 10.3. The SMILES string of the molecule is COc1ccc(CCNC(=O)CC(C)=NNC(=O)c2cccc3ccccc23)cc1OC. The van der Waals surface area contributed by atoms with E-state index in [1.54, 1.807) is 27.2 Å². The molecular weight excluding hydrogens is 406 g/mol. The fourth-order valence-corrected chi connectivity index (χ4v) is 3.35. The van der Waals surface area contributed by atoms with Crippen LogP contribution in [0.25, 0.3) is 10.8 Å². The van der Waals surface area contributed by atoms with Crippen LogP contribution in [0.1, 0.15) is 29.3 Å². The number of carbonyl (C=O) groups excluding carboxylic acids is 2. The number of hydrazone groups is 1. The highest BCUT2D eigenvalue weighted by Crippen LogP contribution is 2.27. The van der Waals surface area contributed by atoms with E-state index in [1.165, 1.54) is 0 Å². The first-order valence-corrected chi connectivity index (χ1v) is 10.3. The Labute approximate surface area is 187 Å². The molecule has 0 aliphatic carbocycles. The number of hydrogen-bond acceptors (Lipinski definition) is 5. The van der Waals surface area contributed by atoms with E-state index in [1.807, 2.05) is 54.6 Å². The molecule has 0 aliphatic heterocycles. The lowest BCUT2D eigenvalue weighted by Crippen LogP contribution is -2.28. The van der Waals surface area contributed by atoms with Gasteiger partial charge in [0.2, 0.25) is 5.91 Å². The number of benzene rings is 3. The number of fused-ring (bicyclic) bond motifs is 1. The van der Waals surface area contributed by atoms with Gasteiger partial charge in [0.15, 0.2) is 11.5 Å². The summed E-state index contributed by atoms with van der Waals surface area (Å²) in [5.41, 5.74) is 4.63. The molecule has 0 bridgehead atoms. The molecule has 0 fully saturated rings. The van der Waals surface area contributed by atoms with Gasteiger partial charge >= 0.3 is 0 Å². The van der Waals surface area contributed by atoms with Crippen molar-refractivity contribution in [2.75, 3.05) is 20.8 Å². The second kappa shape index (κ2) is 10.9. The molecule has 0 unspecified atom stereocenters. The van der Waals surface area contributed by atoms with Gasteiger partial charge in [-0.3, -0.25) is 9.59 Å². The van der Waals surface area contributed by atoms with E-state index >= 15 is 0 Å². The maximum atomic E-state index is 12.5. The smallest absolute Gasteiger partial charge is 0.271 e. The zero-order valence-corrected chi connectivity index (χ0v) is 18.5. The van der Waals surface area contributed by atoms with Crippen LogP contribution in [-0.2, 0) is 11.2 Å². The van der Waals surface area contributed by atoms with Crippen molar-refractivity contribution in [1.29, 1.82) is 0 Å². The Morgan fingerprint density at radius 3 is 2.47 bits per heavy atom. The molecule has 0 atom stereocenters. The van der Waals surface area contributed by atoms with Crippen LogP contribution in [0.4, 0.5) is 0 Å². The van der Waals surface area contributed by atoms with Crippen LogP contribution < -0.4 is 20.2 Å². The maximum Gasteiger partial charge on any atom is 0.271 e. The molecule has 0 saturated carbocycles. The van der Waals surface area contributed by atoms with Crippen molar-refractivity contribution in [1.82, 2.24) is 10.7 Å². The van der Waals surface area contributed by atoms with E-state index in [2.05, 4.69) is 15.8 Å². The van der Waals surface area contributed by atoms with Gasteiger partial charge in [-0.2, -0.15) is 5.10 Å². The molecule has 32 heavy (non-hydrogen) atoms. The summed E-state index contributed by atoms with van der Waals surface area (Å²) in [4.78, 5) is 24.7. The van der Waals surface area contributed by atoms with Crippen LogP contribution in [-0.4, -0.2) is 38.3 Å². The minimum atomic E-state index is -0.310. The summed E-state index contributed by atoms with van der Waals surface area (Å²) in [7, 11) is 3.18. The zero-order valence-electron chi connectivity index (χ0n) is 18.5. The summed E-state index contributed by atoms with van der Waals surface area (Å²) in [5.74, 6) is 0.847. The third-order valence-electron chi connectivity index (χ3n) is 4.98.